The lowest BCUT2D eigenvalue weighted by molar-refractivity contribution is -0.167. The monoisotopic (exact) mass is 292 g/mol. The molecule has 0 aromatic rings. The van der Waals surface area contributed by atoms with E-state index in [0.717, 1.165) is 28.4 Å². The van der Waals surface area contributed by atoms with E-state index in [1.54, 1.807) is 0 Å². The topological polar surface area (TPSA) is 114 Å². The van der Waals surface area contributed by atoms with E-state index in [0.29, 0.717) is 0 Å². The highest BCUT2D eigenvalue weighted by atomic mass is 16.7. The largest absolute Gasteiger partial charge is 0.508 e. The van der Waals surface area contributed by atoms with Gasteiger partial charge in [-0.2, -0.15) is 0 Å². The summed E-state index contributed by atoms with van der Waals surface area (Å²) in [6.45, 7) is 0. The number of esters is 3. The Hall–Kier alpha value is -2.32. The van der Waals surface area contributed by atoms with Gasteiger partial charge in [-0.05, 0) is 0 Å². The molecule has 0 aliphatic heterocycles. The van der Waals surface area contributed by atoms with Crippen molar-refractivity contribution in [2.45, 2.75) is 12.5 Å². The standard InChI is InChI=1S/C11H16O9/c1-16-7(12)5-6(9(13)17-2)8(10(14)18-3)20-11(15)19-4/h6,8H,5H2,1-4H3. The third-order valence-electron chi connectivity index (χ3n) is 2.31. The Labute approximate surface area is 115 Å². The zero-order chi connectivity index (χ0) is 15.7. The molecule has 0 aliphatic rings. The van der Waals surface area contributed by atoms with E-state index in [1.807, 2.05) is 0 Å². The Morgan fingerprint density at radius 1 is 0.800 bits per heavy atom. The van der Waals surface area contributed by atoms with Gasteiger partial charge in [-0.25, -0.2) is 9.59 Å². The van der Waals surface area contributed by atoms with Crippen LogP contribution in [0.25, 0.3) is 0 Å². The molecule has 0 saturated carbocycles. The summed E-state index contributed by atoms with van der Waals surface area (Å²) < 4.78 is 22.2. The number of hydrogen-bond donors (Lipinski definition) is 0. The fraction of sp³-hybridized carbons (Fsp3) is 0.636. The van der Waals surface area contributed by atoms with Gasteiger partial charge < -0.3 is 23.7 Å². The summed E-state index contributed by atoms with van der Waals surface area (Å²) >= 11 is 0. The van der Waals surface area contributed by atoms with E-state index in [-0.39, 0.29) is 0 Å². The van der Waals surface area contributed by atoms with Gasteiger partial charge in [0.05, 0.1) is 34.9 Å². The van der Waals surface area contributed by atoms with Crippen LogP contribution in [-0.4, -0.2) is 58.6 Å². The Balaban J connectivity index is 5.26. The fourth-order valence-electron chi connectivity index (χ4n) is 1.29. The maximum atomic E-state index is 11.6. The SMILES string of the molecule is COC(=O)CC(C(=O)OC)C(OC(=O)OC)C(=O)OC. The van der Waals surface area contributed by atoms with Crippen LogP contribution in [0.15, 0.2) is 0 Å². The maximum Gasteiger partial charge on any atom is 0.508 e. The molecule has 2 atom stereocenters. The molecule has 0 amide bonds. The number of ether oxygens (including phenoxy) is 5. The van der Waals surface area contributed by atoms with E-state index in [4.69, 9.17) is 0 Å². The average Bonchev–Trinajstić information content (AvgIpc) is 2.48. The molecule has 9 nitrogen and oxygen atoms in total. The molecule has 0 bridgehead atoms. The predicted octanol–water partition coefficient (Wildman–Crippen LogP) is -0.337. The smallest absolute Gasteiger partial charge is 0.469 e. The van der Waals surface area contributed by atoms with Crippen molar-refractivity contribution in [3.8, 4) is 0 Å². The summed E-state index contributed by atoms with van der Waals surface area (Å²) in [4.78, 5) is 45.6. The number of carbonyl (C=O) groups excluding carboxylic acids is 4. The van der Waals surface area contributed by atoms with Crippen molar-refractivity contribution in [2.75, 3.05) is 28.4 Å². The van der Waals surface area contributed by atoms with Crippen LogP contribution in [0.2, 0.25) is 0 Å². The Morgan fingerprint density at radius 2 is 1.35 bits per heavy atom. The zero-order valence-electron chi connectivity index (χ0n) is 11.5. The Morgan fingerprint density at radius 3 is 1.75 bits per heavy atom. The van der Waals surface area contributed by atoms with Crippen molar-refractivity contribution in [1.29, 1.82) is 0 Å². The van der Waals surface area contributed by atoms with Gasteiger partial charge in [0, 0.05) is 0 Å². The number of rotatable bonds is 6. The molecule has 2 unspecified atom stereocenters. The molecule has 0 spiro atoms. The lowest BCUT2D eigenvalue weighted by Crippen LogP contribution is -2.41. The summed E-state index contributed by atoms with van der Waals surface area (Å²) in [5.41, 5.74) is 0. The van der Waals surface area contributed by atoms with Crippen LogP contribution in [0.3, 0.4) is 0 Å². The van der Waals surface area contributed by atoms with Crippen molar-refractivity contribution in [3.05, 3.63) is 0 Å². The molecular weight excluding hydrogens is 276 g/mol. The van der Waals surface area contributed by atoms with Crippen molar-refractivity contribution in [3.63, 3.8) is 0 Å². The first-order valence-corrected chi connectivity index (χ1v) is 5.38. The molecule has 0 rings (SSSR count). The maximum absolute atomic E-state index is 11.6. The van der Waals surface area contributed by atoms with Gasteiger partial charge >= 0.3 is 24.1 Å². The van der Waals surface area contributed by atoms with E-state index >= 15 is 0 Å². The number of methoxy groups -OCH3 is 4. The zero-order valence-corrected chi connectivity index (χ0v) is 11.5. The molecule has 0 heterocycles. The minimum Gasteiger partial charge on any atom is -0.469 e. The number of hydrogen-bond acceptors (Lipinski definition) is 9. The third-order valence-corrected chi connectivity index (χ3v) is 2.31. The molecule has 0 aromatic heterocycles. The van der Waals surface area contributed by atoms with Gasteiger partial charge in [-0.1, -0.05) is 0 Å². The van der Waals surface area contributed by atoms with Crippen molar-refractivity contribution in [2.24, 2.45) is 5.92 Å². The second-order valence-corrected chi connectivity index (χ2v) is 3.43. The summed E-state index contributed by atoms with van der Waals surface area (Å²) in [6.07, 6.45) is -3.42. The Kier molecular flexibility index (Phi) is 7.71. The van der Waals surface area contributed by atoms with Crippen LogP contribution in [-0.2, 0) is 38.1 Å². The highest BCUT2D eigenvalue weighted by Gasteiger charge is 2.40. The van der Waals surface area contributed by atoms with Crippen LogP contribution in [0.4, 0.5) is 4.79 Å². The third kappa shape index (κ3) is 5.12. The first kappa shape index (κ1) is 17.7. The molecule has 0 saturated heterocycles. The van der Waals surface area contributed by atoms with Crippen LogP contribution in [0.5, 0.6) is 0 Å². The lowest BCUT2D eigenvalue weighted by atomic mass is 9.98. The molecule has 0 aromatic carbocycles. The van der Waals surface area contributed by atoms with Crippen LogP contribution < -0.4 is 0 Å². The molecule has 0 fully saturated rings. The molecule has 0 radical (unpaired) electrons. The van der Waals surface area contributed by atoms with Gasteiger partial charge in [0.1, 0.15) is 5.92 Å². The molecule has 20 heavy (non-hydrogen) atoms. The van der Waals surface area contributed by atoms with Gasteiger partial charge in [-0.3, -0.25) is 9.59 Å². The van der Waals surface area contributed by atoms with Crippen molar-refractivity contribution < 1.29 is 42.9 Å². The molecule has 9 heteroatoms. The minimum absolute atomic E-state index is 0.528. The van der Waals surface area contributed by atoms with Crippen LogP contribution >= 0.6 is 0 Å². The van der Waals surface area contributed by atoms with E-state index in [2.05, 4.69) is 23.7 Å². The summed E-state index contributed by atoms with van der Waals surface area (Å²) in [6, 6.07) is 0. The van der Waals surface area contributed by atoms with Crippen LogP contribution in [0.1, 0.15) is 6.42 Å². The van der Waals surface area contributed by atoms with E-state index in [1.165, 1.54) is 0 Å². The molecular formula is C11H16O9. The van der Waals surface area contributed by atoms with Gasteiger partial charge in [0.15, 0.2) is 0 Å². The van der Waals surface area contributed by atoms with Crippen molar-refractivity contribution >= 4 is 24.1 Å². The summed E-state index contributed by atoms with van der Waals surface area (Å²) in [5.74, 6) is -4.16. The highest BCUT2D eigenvalue weighted by Crippen LogP contribution is 2.18. The summed E-state index contributed by atoms with van der Waals surface area (Å²) in [5, 5.41) is 0. The van der Waals surface area contributed by atoms with Crippen LogP contribution in [0, 0.1) is 5.92 Å². The lowest BCUT2D eigenvalue weighted by Gasteiger charge is -2.21. The number of carbonyl (C=O) groups is 4. The Bertz CT molecular complexity index is 340. The van der Waals surface area contributed by atoms with Gasteiger partial charge in [0.25, 0.3) is 0 Å². The van der Waals surface area contributed by atoms with E-state index in [9.17, 15) is 19.2 Å². The van der Waals surface area contributed by atoms with Gasteiger partial charge in [0.2, 0.25) is 6.10 Å². The van der Waals surface area contributed by atoms with Crippen molar-refractivity contribution in [1.82, 2.24) is 0 Å². The predicted molar refractivity (Wildman–Crippen MR) is 61.4 cm³/mol. The minimum atomic E-state index is -1.68. The fourth-order valence-corrected chi connectivity index (χ4v) is 1.29. The highest BCUT2D eigenvalue weighted by molar-refractivity contribution is 5.88. The molecule has 114 valence electrons. The second-order valence-electron chi connectivity index (χ2n) is 3.43. The normalized spacial score (nSPS) is 12.6. The van der Waals surface area contributed by atoms with E-state index < -0.39 is 42.5 Å². The first-order valence-electron chi connectivity index (χ1n) is 5.38. The summed E-state index contributed by atoms with van der Waals surface area (Å²) in [7, 11) is 4.21. The molecule has 0 N–H and O–H groups in total. The first-order chi connectivity index (χ1) is 9.40. The average molecular weight is 292 g/mol. The molecule has 0 aliphatic carbocycles. The second kappa shape index (κ2) is 8.73. The quantitative estimate of drug-likeness (QED) is 0.479. The van der Waals surface area contributed by atoms with Gasteiger partial charge in [-0.15, -0.1) is 0 Å².